The van der Waals surface area contributed by atoms with Gasteiger partial charge in [-0.3, -0.25) is 15.0 Å². The average Bonchev–Trinajstić information content (AvgIpc) is 0.829. The van der Waals surface area contributed by atoms with Crippen LogP contribution in [0.2, 0.25) is 5.02 Å². The third-order valence-electron chi connectivity index (χ3n) is 15.3. The van der Waals surface area contributed by atoms with E-state index in [1.54, 1.807) is 57.4 Å². The maximum atomic E-state index is 13.6. The molecule has 0 amide bonds. The number of rotatable bonds is 1. The molecule has 0 atom stereocenters. The van der Waals surface area contributed by atoms with Gasteiger partial charge < -0.3 is 4.74 Å². The van der Waals surface area contributed by atoms with Gasteiger partial charge in [-0.2, -0.15) is 0 Å². The number of methoxy groups -OCH3 is 1. The summed E-state index contributed by atoms with van der Waals surface area (Å²) in [6, 6.07) is 54.6. The first-order valence-electron chi connectivity index (χ1n) is 34.5. The molecule has 0 spiro atoms. The molecule has 3 aromatic heterocycles. The van der Waals surface area contributed by atoms with Crippen LogP contribution in [0.4, 0.5) is 22.0 Å². The number of pyridine rings is 3. The SMILES string of the molecule is C.CC(C)(C)c1c(F)cccc1F.CC(C)(C)c1ccc(Cl)cc1.CC(C)(C)c1ccccc1F.CC(C)(C)c1ccccn1.CC(C)(C)c1cccnc1.CC(C)(C)c1ncccc1F.COc1cccc(C(C)(C)C)c1F.Cc1ccc(C(C)(C)C)cc1.Cc1cccc(C(C)(C)C)c1. The fraction of sp³-hybridized carbons (Fsp3) is 0.440. The Bertz CT molecular complexity index is 3590. The summed E-state index contributed by atoms with van der Waals surface area (Å²) in [6.45, 7) is 60.4. The van der Waals surface area contributed by atoms with Crippen LogP contribution in [0.25, 0.3) is 0 Å². The van der Waals surface area contributed by atoms with Gasteiger partial charge in [0.15, 0.2) is 11.6 Å². The molecule has 3 heterocycles. The number of aryl methyl sites for hydroxylation is 2. The highest BCUT2D eigenvalue weighted by Crippen LogP contribution is 2.32. The molecule has 101 heavy (non-hydrogen) atoms. The van der Waals surface area contributed by atoms with Crippen LogP contribution in [0.3, 0.4) is 0 Å². The molecule has 0 fully saturated rings. The zero-order valence-corrected chi connectivity index (χ0v) is 67.3. The highest BCUT2D eigenvalue weighted by atomic mass is 35.5. The fourth-order valence-electron chi connectivity index (χ4n) is 9.20. The summed E-state index contributed by atoms with van der Waals surface area (Å²) >= 11 is 5.76. The van der Waals surface area contributed by atoms with Crippen LogP contribution in [0.1, 0.15) is 256 Å². The lowest BCUT2D eigenvalue weighted by atomic mass is 9.86. The van der Waals surface area contributed by atoms with Gasteiger partial charge in [0, 0.05) is 51.9 Å². The van der Waals surface area contributed by atoms with E-state index in [1.807, 2.05) is 123 Å². The Morgan fingerprint density at radius 3 is 1.08 bits per heavy atom. The average molecular weight is 1410 g/mol. The molecule has 554 valence electrons. The number of hydrogen-bond acceptors (Lipinski definition) is 4. The molecule has 10 heteroatoms. The van der Waals surface area contributed by atoms with Gasteiger partial charge in [-0.05, 0) is 152 Å². The molecule has 9 rings (SSSR count). The number of aromatic nitrogens is 3. The summed E-state index contributed by atoms with van der Waals surface area (Å²) in [5.41, 5.74) is 11.7. The second-order valence-electron chi connectivity index (χ2n) is 34.2. The van der Waals surface area contributed by atoms with Gasteiger partial charge in [0.1, 0.15) is 23.3 Å². The maximum Gasteiger partial charge on any atom is 0.168 e. The van der Waals surface area contributed by atoms with E-state index in [2.05, 4.69) is 205 Å². The third kappa shape index (κ3) is 36.3. The minimum Gasteiger partial charge on any atom is -0.494 e. The molecule has 0 radical (unpaired) electrons. The predicted molar refractivity (Wildman–Crippen MR) is 427 cm³/mol. The Kier molecular flexibility index (Phi) is 37.9. The zero-order valence-electron chi connectivity index (χ0n) is 66.6. The van der Waals surface area contributed by atoms with E-state index >= 15 is 0 Å². The molecule has 9 aromatic rings. The molecule has 4 nitrogen and oxygen atoms in total. The molecule has 0 unspecified atom stereocenters. The molecule has 0 saturated carbocycles. The predicted octanol–water partition coefficient (Wildman–Crippen LogP) is 27.7. The van der Waals surface area contributed by atoms with Crippen molar-refractivity contribution < 1.29 is 26.7 Å². The summed E-state index contributed by atoms with van der Waals surface area (Å²) < 4.78 is 70.9. The number of nitrogens with zero attached hydrogens (tertiary/aromatic N) is 3. The van der Waals surface area contributed by atoms with Crippen molar-refractivity contribution >= 4 is 11.6 Å². The Morgan fingerprint density at radius 2 is 0.743 bits per heavy atom. The standard InChI is InChI=1S/C11H15FO.2C11H16.C10H13Cl.C10H12F2.C10H13F.C9H12FN.2C9H13N.CH4/c1-11(2,3)8-6-5-7-9(13-4)10(8)12;1-9-5-7-10(8-6-9)11(2,3)4;1-9-6-5-7-10(8-9)11(2,3)4;1-10(2,3)8-4-6-9(11)7-5-8;1-10(2,3)9-7(11)5-4-6-8(9)12;1-10(2,3)8-6-4-5-7-9(8)11;1-9(2,3)8-7(10)5-4-6-11-8;1-9(2,3)8-5-4-6-10-7-8;1-9(2,3)8-6-4-5-7-10-8;/h5-7H,1-4H3;2*5-8H,1-4H3;4-7H,1-3H3;4-6H,1-3H3;4-7H,1-3H3;4-6H,1-3H3;2*4-7H,1-3H3;1H4. The summed E-state index contributed by atoms with van der Waals surface area (Å²) in [5.74, 6) is -1.21. The number of halogens is 6. The van der Waals surface area contributed by atoms with Crippen molar-refractivity contribution in [1.82, 2.24) is 15.0 Å². The van der Waals surface area contributed by atoms with Crippen LogP contribution in [0.15, 0.2) is 201 Å². The minimum absolute atomic E-state index is 0. The Morgan fingerprint density at radius 1 is 0.327 bits per heavy atom. The van der Waals surface area contributed by atoms with E-state index in [-0.39, 0.29) is 73.8 Å². The van der Waals surface area contributed by atoms with Crippen LogP contribution in [0, 0.1) is 42.9 Å². The Balaban J connectivity index is 0.00000111. The van der Waals surface area contributed by atoms with Crippen LogP contribution in [-0.2, 0) is 48.7 Å². The van der Waals surface area contributed by atoms with Crippen molar-refractivity contribution in [2.75, 3.05) is 7.11 Å². The number of ether oxygens (including phenoxy) is 1. The first kappa shape index (κ1) is 93.5. The second-order valence-corrected chi connectivity index (χ2v) is 34.6. The summed E-state index contributed by atoms with van der Waals surface area (Å²) in [5, 5.41) is 0.804. The molecule has 0 N–H and O–H groups in total. The fourth-order valence-corrected chi connectivity index (χ4v) is 9.32. The summed E-state index contributed by atoms with van der Waals surface area (Å²) in [7, 11) is 1.48. The van der Waals surface area contributed by atoms with Crippen LogP contribution < -0.4 is 4.74 Å². The molecule has 0 aliphatic rings. The number of hydrogen-bond donors (Lipinski definition) is 0. The van der Waals surface area contributed by atoms with Crippen molar-refractivity contribution in [1.29, 1.82) is 0 Å². The number of benzene rings is 6. The van der Waals surface area contributed by atoms with Gasteiger partial charge in [-0.1, -0.05) is 326 Å². The Hall–Kier alpha value is -7.49. The third-order valence-corrected chi connectivity index (χ3v) is 15.6. The van der Waals surface area contributed by atoms with Crippen LogP contribution in [-0.4, -0.2) is 22.1 Å². The topological polar surface area (TPSA) is 47.9 Å². The van der Waals surface area contributed by atoms with E-state index in [0.29, 0.717) is 17.0 Å². The van der Waals surface area contributed by atoms with E-state index in [9.17, 15) is 22.0 Å². The summed E-state index contributed by atoms with van der Waals surface area (Å²) in [6.07, 6.45) is 7.17. The van der Waals surface area contributed by atoms with Gasteiger partial charge in [0.2, 0.25) is 0 Å². The maximum absolute atomic E-state index is 13.6. The van der Waals surface area contributed by atoms with Gasteiger partial charge in [0.05, 0.1) is 12.8 Å². The molecule has 0 saturated heterocycles. The molecular formula is C91H127ClF5N3O. The first-order valence-corrected chi connectivity index (χ1v) is 34.9. The quantitative estimate of drug-likeness (QED) is 0.154. The first-order chi connectivity index (χ1) is 45.6. The highest BCUT2D eigenvalue weighted by Gasteiger charge is 2.24. The van der Waals surface area contributed by atoms with Gasteiger partial charge in [0.25, 0.3) is 0 Å². The monoisotopic (exact) mass is 1410 g/mol. The second kappa shape index (κ2) is 41.0. The molecule has 0 aliphatic heterocycles. The van der Waals surface area contributed by atoms with Gasteiger partial charge >= 0.3 is 0 Å². The molecular weight excluding hydrogens is 1280 g/mol. The molecule has 6 aromatic carbocycles. The lowest BCUT2D eigenvalue weighted by molar-refractivity contribution is 0.378. The zero-order chi connectivity index (χ0) is 77.1. The minimum atomic E-state index is -0.477. The lowest BCUT2D eigenvalue weighted by Gasteiger charge is -2.20. The van der Waals surface area contributed by atoms with E-state index in [1.165, 1.54) is 70.8 Å². The van der Waals surface area contributed by atoms with Crippen molar-refractivity contribution in [3.05, 3.63) is 296 Å². The van der Waals surface area contributed by atoms with Crippen molar-refractivity contribution in [2.24, 2.45) is 0 Å². The van der Waals surface area contributed by atoms with E-state index in [0.717, 1.165) is 16.3 Å². The van der Waals surface area contributed by atoms with Crippen molar-refractivity contribution in [2.45, 2.75) is 257 Å². The smallest absolute Gasteiger partial charge is 0.168 e. The van der Waals surface area contributed by atoms with Gasteiger partial charge in [-0.25, -0.2) is 22.0 Å². The molecule has 0 bridgehead atoms. The van der Waals surface area contributed by atoms with Gasteiger partial charge in [-0.15, -0.1) is 0 Å². The largest absolute Gasteiger partial charge is 0.494 e. The molecule has 0 aliphatic carbocycles. The normalized spacial score (nSPS) is 11.5. The lowest BCUT2D eigenvalue weighted by Crippen LogP contribution is -2.15. The van der Waals surface area contributed by atoms with E-state index in [4.69, 9.17) is 16.3 Å². The van der Waals surface area contributed by atoms with Crippen molar-refractivity contribution in [3.8, 4) is 5.75 Å². The Labute approximate surface area is 615 Å². The van der Waals surface area contributed by atoms with Crippen molar-refractivity contribution in [3.63, 3.8) is 0 Å². The van der Waals surface area contributed by atoms with Crippen LogP contribution >= 0.6 is 11.6 Å². The van der Waals surface area contributed by atoms with Crippen LogP contribution in [0.5, 0.6) is 5.75 Å². The van der Waals surface area contributed by atoms with E-state index < -0.39 is 17.0 Å². The summed E-state index contributed by atoms with van der Waals surface area (Å²) in [4.78, 5) is 12.3. The highest BCUT2D eigenvalue weighted by molar-refractivity contribution is 6.30.